The molecule has 0 radical (unpaired) electrons. The van der Waals surface area contributed by atoms with Crippen LogP contribution in [0.3, 0.4) is 0 Å². The van der Waals surface area contributed by atoms with Crippen molar-refractivity contribution in [1.29, 1.82) is 5.26 Å². The molecule has 0 bridgehead atoms. The summed E-state index contributed by atoms with van der Waals surface area (Å²) in [6, 6.07) is 20.6. The van der Waals surface area contributed by atoms with Gasteiger partial charge >= 0.3 is 0 Å². The van der Waals surface area contributed by atoms with Gasteiger partial charge in [0.25, 0.3) is 0 Å². The van der Waals surface area contributed by atoms with Crippen LogP contribution in [0.4, 0.5) is 0 Å². The molecular weight excluding hydrogens is 346 g/mol. The van der Waals surface area contributed by atoms with Crippen molar-refractivity contribution in [3.8, 4) is 6.07 Å². The number of Topliss-reactive ketones (excluding diaryl/α,β-unsaturated/α-hetero) is 1. The summed E-state index contributed by atoms with van der Waals surface area (Å²) >= 11 is 0. The molecule has 140 valence electrons. The first kappa shape index (κ1) is 18.2. The zero-order valence-corrected chi connectivity index (χ0v) is 15.9. The van der Waals surface area contributed by atoms with E-state index in [-0.39, 0.29) is 5.78 Å². The summed E-state index contributed by atoms with van der Waals surface area (Å²) in [7, 11) is 0. The van der Waals surface area contributed by atoms with Gasteiger partial charge in [-0.15, -0.1) is 0 Å². The number of rotatable bonds is 6. The molecule has 1 aliphatic heterocycles. The van der Waals surface area contributed by atoms with Gasteiger partial charge in [0.2, 0.25) is 5.78 Å². The highest BCUT2D eigenvalue weighted by atomic mass is 16.1. The number of nitrogens with one attached hydrogen (secondary N) is 1. The summed E-state index contributed by atoms with van der Waals surface area (Å²) in [6.45, 7) is 2.97. The Morgan fingerprint density at radius 3 is 2.64 bits per heavy atom. The summed E-state index contributed by atoms with van der Waals surface area (Å²) in [6.07, 6.45) is 5.64. The first-order valence-electron chi connectivity index (χ1n) is 9.82. The van der Waals surface area contributed by atoms with E-state index in [1.165, 1.54) is 16.0 Å². The molecular formula is C24H24N3O+. The number of hydrogen-bond donors (Lipinski definition) is 1. The molecule has 4 nitrogen and oxygen atoms in total. The maximum atomic E-state index is 13.0. The Kier molecular flexibility index (Phi) is 5.36. The summed E-state index contributed by atoms with van der Waals surface area (Å²) in [5.74, 6) is 0.179. The van der Waals surface area contributed by atoms with Crippen molar-refractivity contribution in [2.75, 3.05) is 19.6 Å². The van der Waals surface area contributed by atoms with Crippen LogP contribution >= 0.6 is 0 Å². The number of carbonyl (C=O) groups excluding carboxylic acids is 1. The number of para-hydroxylation sites is 1. The smallest absolute Gasteiger partial charge is 0.219 e. The number of aromatic nitrogens is 1. The third-order valence-corrected chi connectivity index (χ3v) is 5.49. The van der Waals surface area contributed by atoms with E-state index in [1.54, 1.807) is 0 Å². The van der Waals surface area contributed by atoms with Crippen LogP contribution in [0.1, 0.15) is 28.8 Å². The summed E-state index contributed by atoms with van der Waals surface area (Å²) < 4.78 is 2.03. The molecule has 0 saturated heterocycles. The van der Waals surface area contributed by atoms with Gasteiger partial charge in [-0.05, 0) is 23.3 Å². The van der Waals surface area contributed by atoms with Gasteiger partial charge in [0.15, 0.2) is 0 Å². The van der Waals surface area contributed by atoms with E-state index in [4.69, 9.17) is 5.26 Å². The molecule has 1 unspecified atom stereocenters. The maximum Gasteiger partial charge on any atom is 0.219 e. The zero-order chi connectivity index (χ0) is 19.3. The normalized spacial score (nSPS) is 16.5. The molecule has 0 aliphatic carbocycles. The minimum absolute atomic E-state index is 0.179. The monoisotopic (exact) mass is 370 g/mol. The number of ketones is 1. The molecule has 2 heterocycles. The molecule has 28 heavy (non-hydrogen) atoms. The van der Waals surface area contributed by atoms with Crippen LogP contribution in [0.25, 0.3) is 16.5 Å². The number of nitriles is 1. The fourth-order valence-corrected chi connectivity index (χ4v) is 4.00. The van der Waals surface area contributed by atoms with Crippen molar-refractivity contribution in [3.05, 3.63) is 78.0 Å². The fraction of sp³-hybridized carbons (Fsp3) is 0.250. The highest BCUT2D eigenvalue weighted by Crippen LogP contribution is 2.22. The molecule has 4 heteroatoms. The lowest BCUT2D eigenvalue weighted by atomic mass is 9.99. The first-order valence-corrected chi connectivity index (χ1v) is 9.82. The fourth-order valence-electron chi connectivity index (χ4n) is 4.00. The molecule has 4 rings (SSSR count). The van der Waals surface area contributed by atoms with E-state index in [0.717, 1.165) is 36.0 Å². The highest BCUT2D eigenvalue weighted by molar-refractivity contribution is 6.08. The lowest BCUT2D eigenvalue weighted by Gasteiger charge is -2.23. The first-order chi connectivity index (χ1) is 13.8. The Balaban J connectivity index is 1.49. The van der Waals surface area contributed by atoms with E-state index in [0.29, 0.717) is 19.5 Å². The Bertz CT molecular complexity index is 1060. The lowest BCUT2D eigenvalue weighted by molar-refractivity contribution is -0.886. The van der Waals surface area contributed by atoms with Gasteiger partial charge in [-0.2, -0.15) is 5.26 Å². The number of fused-ring (bicyclic) bond motifs is 1. The van der Waals surface area contributed by atoms with Crippen molar-refractivity contribution in [2.24, 2.45) is 0 Å². The van der Waals surface area contributed by atoms with Gasteiger partial charge in [0.05, 0.1) is 25.6 Å². The van der Waals surface area contributed by atoms with Crippen LogP contribution in [0.5, 0.6) is 0 Å². The number of nitrogens with zero attached hydrogens (tertiary/aromatic N) is 2. The number of quaternary nitrogens is 1. The van der Waals surface area contributed by atoms with Gasteiger partial charge in [-0.3, -0.25) is 4.79 Å². The molecule has 1 aromatic heterocycles. The molecule has 0 amide bonds. The van der Waals surface area contributed by atoms with Crippen LogP contribution in [0.2, 0.25) is 0 Å². The Hall–Kier alpha value is -3.16. The topological polar surface area (TPSA) is 50.2 Å². The van der Waals surface area contributed by atoms with Crippen molar-refractivity contribution < 1.29 is 9.69 Å². The van der Waals surface area contributed by atoms with Crippen LogP contribution in [0, 0.1) is 11.3 Å². The second-order valence-corrected chi connectivity index (χ2v) is 7.31. The lowest BCUT2D eigenvalue weighted by Crippen LogP contribution is -3.13. The van der Waals surface area contributed by atoms with Gasteiger partial charge in [0.1, 0.15) is 6.54 Å². The zero-order valence-electron chi connectivity index (χ0n) is 15.9. The molecule has 1 atom stereocenters. The molecule has 1 aliphatic rings. The third-order valence-electron chi connectivity index (χ3n) is 5.49. The summed E-state index contributed by atoms with van der Waals surface area (Å²) in [5.41, 5.74) is 4.47. The van der Waals surface area contributed by atoms with Gasteiger partial charge in [-0.25, -0.2) is 0 Å². The molecule has 3 aromatic rings. The third kappa shape index (κ3) is 3.76. The van der Waals surface area contributed by atoms with E-state index in [2.05, 4.69) is 36.4 Å². The van der Waals surface area contributed by atoms with Crippen molar-refractivity contribution in [2.45, 2.75) is 19.4 Å². The average Bonchev–Trinajstić information content (AvgIpc) is 3.12. The van der Waals surface area contributed by atoms with Gasteiger partial charge in [-0.1, -0.05) is 48.5 Å². The minimum Gasteiger partial charge on any atom is -0.346 e. The summed E-state index contributed by atoms with van der Waals surface area (Å²) in [5, 5.41) is 9.88. The quantitative estimate of drug-likeness (QED) is 0.678. The Morgan fingerprint density at radius 1 is 1.11 bits per heavy atom. The number of hydrogen-bond acceptors (Lipinski definition) is 2. The molecule has 0 spiro atoms. The van der Waals surface area contributed by atoms with Crippen molar-refractivity contribution >= 4 is 22.3 Å². The SMILES string of the molecule is N#CCCn1cc(C(=O)C[NH+]2CC=C(c3ccccc3)CC2)c2ccccc21. The standard InChI is InChI=1S/C24H23N3O/c25-13-6-14-27-17-22(21-9-4-5-10-23(21)27)24(28)18-26-15-11-20(12-16-26)19-7-2-1-3-8-19/h1-5,7-11,17H,6,12,14-16,18H2/p+1. The van der Waals surface area contributed by atoms with E-state index < -0.39 is 0 Å². The molecule has 0 fully saturated rings. The van der Waals surface area contributed by atoms with Crippen LogP contribution in [-0.2, 0) is 6.54 Å². The largest absolute Gasteiger partial charge is 0.346 e. The van der Waals surface area contributed by atoms with E-state index in [9.17, 15) is 4.79 Å². The van der Waals surface area contributed by atoms with E-state index in [1.807, 2.05) is 41.1 Å². The van der Waals surface area contributed by atoms with Crippen LogP contribution in [0.15, 0.2) is 66.9 Å². The summed E-state index contributed by atoms with van der Waals surface area (Å²) in [4.78, 5) is 14.3. The van der Waals surface area contributed by atoms with E-state index >= 15 is 0 Å². The van der Waals surface area contributed by atoms with Crippen LogP contribution < -0.4 is 4.90 Å². The highest BCUT2D eigenvalue weighted by Gasteiger charge is 2.22. The van der Waals surface area contributed by atoms with Crippen molar-refractivity contribution in [3.63, 3.8) is 0 Å². The molecule has 0 saturated carbocycles. The number of carbonyl (C=O) groups is 1. The van der Waals surface area contributed by atoms with Gasteiger partial charge < -0.3 is 9.47 Å². The molecule has 1 N–H and O–H groups in total. The van der Waals surface area contributed by atoms with Crippen molar-refractivity contribution in [1.82, 2.24) is 4.57 Å². The Morgan fingerprint density at radius 2 is 1.89 bits per heavy atom. The second-order valence-electron chi connectivity index (χ2n) is 7.31. The predicted octanol–water partition coefficient (Wildman–Crippen LogP) is 3.11. The molecule has 2 aromatic carbocycles. The Labute approximate surface area is 165 Å². The average molecular weight is 370 g/mol. The predicted molar refractivity (Wildman–Crippen MR) is 111 cm³/mol. The van der Waals surface area contributed by atoms with Crippen LogP contribution in [-0.4, -0.2) is 30.0 Å². The van der Waals surface area contributed by atoms with Gasteiger partial charge in [0, 0.05) is 35.6 Å². The number of aryl methyl sites for hydroxylation is 1. The number of benzene rings is 2. The second kappa shape index (κ2) is 8.24. The maximum absolute atomic E-state index is 13.0. The minimum atomic E-state index is 0.179.